The number of benzene rings is 3. The highest BCUT2D eigenvalue weighted by Crippen LogP contribution is 2.47. The molecule has 3 aromatic carbocycles. The van der Waals surface area contributed by atoms with Crippen LogP contribution in [-0.2, 0) is 14.4 Å². The predicted octanol–water partition coefficient (Wildman–Crippen LogP) is 3.74. The highest BCUT2D eigenvalue weighted by atomic mass is 16.7. The summed E-state index contributed by atoms with van der Waals surface area (Å²) in [5, 5.41) is 10.8. The minimum Gasteiger partial charge on any atom is -0.478 e. The summed E-state index contributed by atoms with van der Waals surface area (Å²) < 4.78 is 0. The Bertz CT molecular complexity index is 1190. The maximum absolute atomic E-state index is 13.5. The summed E-state index contributed by atoms with van der Waals surface area (Å²) in [6.07, 6.45) is -0.965. The first-order valence-corrected chi connectivity index (χ1v) is 10.2. The van der Waals surface area contributed by atoms with E-state index in [0.717, 1.165) is 5.56 Å². The molecule has 2 aliphatic heterocycles. The van der Waals surface area contributed by atoms with Crippen molar-refractivity contribution in [3.8, 4) is 0 Å². The number of imide groups is 1. The summed E-state index contributed by atoms with van der Waals surface area (Å²) in [5.41, 5.74) is 3.08. The zero-order valence-electron chi connectivity index (χ0n) is 17.2. The fourth-order valence-electron chi connectivity index (χ4n) is 4.32. The van der Waals surface area contributed by atoms with Crippen LogP contribution in [0.1, 0.15) is 27.5 Å². The number of fused-ring (bicyclic) bond motifs is 1. The SMILES string of the molecule is Cc1ccc(N2C(=O)[C@@H]3[C@@H](ON(c4ccccc4)[C@H]3c3ccc(C(=O)O)cc3)C2=O)cc1. The third kappa shape index (κ3) is 3.14. The van der Waals surface area contributed by atoms with Gasteiger partial charge in [0.1, 0.15) is 5.92 Å². The van der Waals surface area contributed by atoms with Gasteiger partial charge in [-0.15, -0.1) is 0 Å². The molecule has 2 saturated heterocycles. The highest BCUT2D eigenvalue weighted by molar-refractivity contribution is 6.23. The van der Waals surface area contributed by atoms with Crippen LogP contribution in [0.15, 0.2) is 78.9 Å². The number of nitrogens with zero attached hydrogens (tertiary/aromatic N) is 2. The quantitative estimate of drug-likeness (QED) is 0.637. The van der Waals surface area contributed by atoms with Crippen molar-refractivity contribution >= 4 is 29.2 Å². The first-order valence-electron chi connectivity index (χ1n) is 10.2. The van der Waals surface area contributed by atoms with Crippen LogP contribution in [0.25, 0.3) is 0 Å². The lowest BCUT2D eigenvalue weighted by Gasteiger charge is -2.28. The minimum absolute atomic E-state index is 0.144. The van der Waals surface area contributed by atoms with Gasteiger partial charge in [0, 0.05) is 0 Å². The number of hydrogen-bond donors (Lipinski definition) is 1. The number of carboxylic acid groups (broad SMARTS) is 1. The standard InChI is InChI=1S/C25H20N2O5/c1-15-7-13-18(14-8-15)26-23(28)20-21(16-9-11-17(12-10-16)25(30)31)27(32-22(20)24(26)29)19-5-3-2-4-6-19/h2-14,20-22H,1H3,(H,30,31)/t20-,21-,22+/m0/s1. The summed E-state index contributed by atoms with van der Waals surface area (Å²) in [6.45, 7) is 1.93. The number of hydroxylamine groups is 1. The van der Waals surface area contributed by atoms with Crippen molar-refractivity contribution in [1.29, 1.82) is 0 Å². The van der Waals surface area contributed by atoms with E-state index in [9.17, 15) is 19.5 Å². The van der Waals surface area contributed by atoms with Crippen molar-refractivity contribution in [2.45, 2.75) is 19.1 Å². The number of para-hydroxylation sites is 1. The smallest absolute Gasteiger partial charge is 0.335 e. The van der Waals surface area contributed by atoms with Gasteiger partial charge in [0.05, 0.1) is 23.0 Å². The molecule has 5 rings (SSSR count). The molecule has 3 atom stereocenters. The number of carboxylic acids is 1. The van der Waals surface area contributed by atoms with Crippen LogP contribution < -0.4 is 9.96 Å². The molecule has 160 valence electrons. The van der Waals surface area contributed by atoms with Gasteiger partial charge >= 0.3 is 5.97 Å². The van der Waals surface area contributed by atoms with Crippen LogP contribution in [-0.4, -0.2) is 29.0 Å². The number of hydrogen-bond acceptors (Lipinski definition) is 5. The molecule has 2 aliphatic rings. The van der Waals surface area contributed by atoms with Gasteiger partial charge in [-0.25, -0.2) is 14.8 Å². The van der Waals surface area contributed by atoms with Crippen molar-refractivity contribution in [1.82, 2.24) is 0 Å². The third-order valence-corrected chi connectivity index (χ3v) is 5.92. The zero-order valence-corrected chi connectivity index (χ0v) is 17.2. The average Bonchev–Trinajstić information content (AvgIpc) is 3.31. The van der Waals surface area contributed by atoms with E-state index in [-0.39, 0.29) is 11.5 Å². The molecule has 0 aromatic heterocycles. The molecule has 2 fully saturated rings. The number of carbonyl (C=O) groups is 3. The van der Waals surface area contributed by atoms with E-state index in [1.165, 1.54) is 17.0 Å². The van der Waals surface area contributed by atoms with Crippen LogP contribution >= 0.6 is 0 Å². The lowest BCUT2D eigenvalue weighted by Crippen LogP contribution is -2.37. The largest absolute Gasteiger partial charge is 0.478 e. The molecule has 2 amide bonds. The van der Waals surface area contributed by atoms with Crippen LogP contribution in [0, 0.1) is 12.8 Å². The Hall–Kier alpha value is -3.97. The van der Waals surface area contributed by atoms with Gasteiger partial charge < -0.3 is 5.11 Å². The van der Waals surface area contributed by atoms with Gasteiger partial charge in [-0.1, -0.05) is 48.0 Å². The molecule has 0 aliphatic carbocycles. The number of carbonyl (C=O) groups excluding carboxylic acids is 2. The molecule has 7 heteroatoms. The topological polar surface area (TPSA) is 87.2 Å². The molecule has 0 spiro atoms. The predicted molar refractivity (Wildman–Crippen MR) is 117 cm³/mol. The van der Waals surface area contributed by atoms with Crippen LogP contribution in [0.2, 0.25) is 0 Å². The monoisotopic (exact) mass is 428 g/mol. The maximum atomic E-state index is 13.5. The van der Waals surface area contributed by atoms with Gasteiger partial charge in [-0.2, -0.15) is 0 Å². The average molecular weight is 428 g/mol. The van der Waals surface area contributed by atoms with E-state index in [4.69, 9.17) is 4.84 Å². The fourth-order valence-corrected chi connectivity index (χ4v) is 4.32. The second-order valence-corrected chi connectivity index (χ2v) is 7.93. The van der Waals surface area contributed by atoms with E-state index < -0.39 is 29.9 Å². The number of aromatic carboxylic acids is 1. The number of amides is 2. The molecular formula is C25H20N2O5. The summed E-state index contributed by atoms with van der Waals surface area (Å²) >= 11 is 0. The molecular weight excluding hydrogens is 408 g/mol. The van der Waals surface area contributed by atoms with Gasteiger partial charge in [-0.3, -0.25) is 14.4 Å². The van der Waals surface area contributed by atoms with Crippen molar-refractivity contribution < 1.29 is 24.3 Å². The van der Waals surface area contributed by atoms with Gasteiger partial charge in [0.2, 0.25) is 5.91 Å². The van der Waals surface area contributed by atoms with E-state index in [1.807, 2.05) is 49.4 Å². The number of anilines is 2. The van der Waals surface area contributed by atoms with Crippen molar-refractivity contribution in [2.75, 3.05) is 9.96 Å². The van der Waals surface area contributed by atoms with Crippen LogP contribution in [0.5, 0.6) is 0 Å². The Morgan fingerprint density at radius 2 is 1.50 bits per heavy atom. The van der Waals surface area contributed by atoms with Gasteiger partial charge in [0.25, 0.3) is 5.91 Å². The molecule has 2 heterocycles. The van der Waals surface area contributed by atoms with Gasteiger partial charge in [-0.05, 0) is 48.9 Å². The van der Waals surface area contributed by atoms with Gasteiger partial charge in [0.15, 0.2) is 6.10 Å². The summed E-state index contributed by atoms with van der Waals surface area (Å²) in [7, 11) is 0. The van der Waals surface area contributed by atoms with Crippen molar-refractivity contribution in [2.24, 2.45) is 5.92 Å². The zero-order chi connectivity index (χ0) is 22.4. The molecule has 3 aromatic rings. The normalized spacial score (nSPS) is 22.3. The molecule has 0 bridgehead atoms. The van der Waals surface area contributed by atoms with Crippen LogP contribution in [0.3, 0.4) is 0 Å². The molecule has 7 nitrogen and oxygen atoms in total. The second-order valence-electron chi connectivity index (χ2n) is 7.93. The highest BCUT2D eigenvalue weighted by Gasteiger charge is 2.60. The molecule has 0 unspecified atom stereocenters. The van der Waals surface area contributed by atoms with E-state index in [0.29, 0.717) is 16.9 Å². The number of aryl methyl sites for hydroxylation is 1. The Balaban J connectivity index is 1.57. The lowest BCUT2D eigenvalue weighted by atomic mass is 9.90. The lowest BCUT2D eigenvalue weighted by molar-refractivity contribution is -0.126. The van der Waals surface area contributed by atoms with E-state index in [1.54, 1.807) is 29.3 Å². The Kier molecular flexibility index (Phi) is 4.75. The molecule has 32 heavy (non-hydrogen) atoms. The first-order chi connectivity index (χ1) is 15.5. The Morgan fingerprint density at radius 1 is 0.844 bits per heavy atom. The maximum Gasteiger partial charge on any atom is 0.335 e. The van der Waals surface area contributed by atoms with Crippen LogP contribution in [0.4, 0.5) is 11.4 Å². The third-order valence-electron chi connectivity index (χ3n) is 5.92. The van der Waals surface area contributed by atoms with E-state index >= 15 is 0 Å². The van der Waals surface area contributed by atoms with Crippen molar-refractivity contribution in [3.05, 3.63) is 95.6 Å². The Morgan fingerprint density at radius 3 is 2.12 bits per heavy atom. The number of rotatable bonds is 4. The molecule has 0 radical (unpaired) electrons. The van der Waals surface area contributed by atoms with E-state index in [2.05, 4.69) is 0 Å². The Labute approximate surface area is 184 Å². The molecule has 0 saturated carbocycles. The summed E-state index contributed by atoms with van der Waals surface area (Å²) in [5.74, 6) is -2.54. The van der Waals surface area contributed by atoms with Crippen molar-refractivity contribution in [3.63, 3.8) is 0 Å². The summed E-state index contributed by atoms with van der Waals surface area (Å²) in [4.78, 5) is 45.3. The fraction of sp³-hybridized carbons (Fsp3) is 0.160. The minimum atomic E-state index is -1.03. The first kappa shape index (κ1) is 20.0. The second kappa shape index (κ2) is 7.62. The summed E-state index contributed by atoms with van der Waals surface area (Å²) in [6, 6.07) is 22.2. The molecule has 1 N–H and O–H groups in total.